The van der Waals surface area contributed by atoms with Crippen molar-refractivity contribution in [3.63, 3.8) is 0 Å². The van der Waals surface area contributed by atoms with Crippen molar-refractivity contribution in [1.82, 2.24) is 10.2 Å². The molecule has 1 aromatic rings. The van der Waals surface area contributed by atoms with Gasteiger partial charge in [0.2, 0.25) is 11.8 Å². The van der Waals surface area contributed by atoms with Crippen molar-refractivity contribution in [3.8, 4) is 0 Å². The number of hydrogen-bond donors (Lipinski definition) is 1. The highest BCUT2D eigenvalue weighted by atomic mass is 16.2. The summed E-state index contributed by atoms with van der Waals surface area (Å²) in [5.41, 5.74) is 0.816. The van der Waals surface area contributed by atoms with Crippen LogP contribution in [0.5, 0.6) is 0 Å². The maximum atomic E-state index is 12.5. The Balaban J connectivity index is 2.06. The number of likely N-dealkylation sites (N-methyl/N-ethyl adjacent to an activating group) is 1. The van der Waals surface area contributed by atoms with Gasteiger partial charge in [-0.05, 0) is 5.56 Å². The van der Waals surface area contributed by atoms with Crippen LogP contribution in [0.4, 0.5) is 4.79 Å². The van der Waals surface area contributed by atoms with Crippen LogP contribution in [0, 0.1) is 5.92 Å². The van der Waals surface area contributed by atoms with Crippen LogP contribution in [-0.4, -0.2) is 67.7 Å². The second kappa shape index (κ2) is 7.35. The first-order valence-electron chi connectivity index (χ1n) is 7.78. The number of aliphatic imine (C=N–C) groups is 1. The molecule has 0 aliphatic carbocycles. The Bertz CT molecular complexity index is 650. The molecular weight excluding hydrogens is 308 g/mol. The molecule has 0 spiro atoms. The third-order valence-corrected chi connectivity index (χ3v) is 3.63. The van der Waals surface area contributed by atoms with Gasteiger partial charge in [0.25, 0.3) is 0 Å². The van der Waals surface area contributed by atoms with E-state index in [0.29, 0.717) is 6.54 Å². The highest BCUT2D eigenvalue weighted by Gasteiger charge is 2.39. The summed E-state index contributed by atoms with van der Waals surface area (Å²) >= 11 is 0. The molecule has 1 aliphatic rings. The van der Waals surface area contributed by atoms with E-state index >= 15 is 0 Å². The van der Waals surface area contributed by atoms with Crippen molar-refractivity contribution in [2.75, 3.05) is 34.2 Å². The molecule has 0 bridgehead atoms. The summed E-state index contributed by atoms with van der Waals surface area (Å²) in [6, 6.07) is 8.47. The molecule has 1 fully saturated rings. The number of benzene rings is 1. The molecule has 0 saturated carbocycles. The van der Waals surface area contributed by atoms with Crippen LogP contribution >= 0.6 is 0 Å². The van der Waals surface area contributed by atoms with E-state index in [1.54, 1.807) is 0 Å². The van der Waals surface area contributed by atoms with Crippen LogP contribution in [0.3, 0.4) is 0 Å². The molecule has 1 aromatic carbocycles. The highest BCUT2D eigenvalue weighted by molar-refractivity contribution is 6.23. The van der Waals surface area contributed by atoms with Crippen molar-refractivity contribution >= 4 is 24.1 Å². The van der Waals surface area contributed by atoms with E-state index < -0.39 is 23.8 Å². The third kappa shape index (κ3) is 4.73. The Morgan fingerprint density at radius 3 is 2.46 bits per heavy atom. The molecule has 2 rings (SSSR count). The molecule has 0 aromatic heterocycles. The number of nitrogens with zero attached hydrogens (tertiary/aromatic N) is 3. The average Bonchev–Trinajstić information content (AvgIpc) is 2.50. The van der Waals surface area contributed by atoms with Crippen LogP contribution in [0.25, 0.3) is 0 Å². The normalized spacial score (nSPS) is 19.0. The molecule has 1 unspecified atom stereocenters. The highest BCUT2D eigenvalue weighted by Crippen LogP contribution is 2.13. The Hall–Kier alpha value is -2.54. The maximum absolute atomic E-state index is 12.5. The second-order valence-corrected chi connectivity index (χ2v) is 6.75. The zero-order chi connectivity index (χ0) is 17.7. The summed E-state index contributed by atoms with van der Waals surface area (Å²) in [7, 11) is 6.11. The quantitative estimate of drug-likeness (QED) is 0.472. The summed E-state index contributed by atoms with van der Waals surface area (Å²) in [6.07, 6.45) is 1.34. The molecule has 7 heteroatoms. The lowest BCUT2D eigenvalue weighted by molar-refractivity contribution is -0.868. The monoisotopic (exact) mass is 331 g/mol. The minimum atomic E-state index is -1.06. The number of urea groups is 1. The van der Waals surface area contributed by atoms with E-state index in [0.717, 1.165) is 21.5 Å². The van der Waals surface area contributed by atoms with Gasteiger partial charge in [0, 0.05) is 6.21 Å². The van der Waals surface area contributed by atoms with Crippen molar-refractivity contribution in [2.24, 2.45) is 10.9 Å². The number of imide groups is 2. The molecule has 4 amide bonds. The fourth-order valence-corrected chi connectivity index (χ4v) is 2.22. The van der Waals surface area contributed by atoms with Crippen LogP contribution < -0.4 is 5.32 Å². The first kappa shape index (κ1) is 17.8. The van der Waals surface area contributed by atoms with Gasteiger partial charge < -0.3 is 4.48 Å². The predicted octanol–water partition coefficient (Wildman–Crippen LogP) is 0.658. The van der Waals surface area contributed by atoms with Gasteiger partial charge >= 0.3 is 6.03 Å². The zero-order valence-electron chi connectivity index (χ0n) is 14.2. The average molecular weight is 331 g/mol. The first-order valence-corrected chi connectivity index (χ1v) is 7.78. The number of amides is 4. The van der Waals surface area contributed by atoms with Crippen molar-refractivity contribution < 1.29 is 18.9 Å². The Morgan fingerprint density at radius 1 is 1.17 bits per heavy atom. The Morgan fingerprint density at radius 2 is 1.83 bits per heavy atom. The molecule has 0 radical (unpaired) electrons. The number of barbiturate groups is 1. The van der Waals surface area contributed by atoms with Crippen LogP contribution in [0.1, 0.15) is 5.56 Å². The standard InChI is InChI=1S/C17H22N4O3/c1-21(2,3)10-9-18-11-14-15(22)19-17(24)20(16(14)23)12-13-7-5-4-6-8-13/h4-8,11,14H,9-10,12H2,1-3H3/p+1. The Labute approximate surface area is 141 Å². The molecule has 128 valence electrons. The van der Waals surface area contributed by atoms with Gasteiger partial charge in [0.05, 0.1) is 40.8 Å². The molecule has 1 atom stereocenters. The zero-order valence-corrected chi connectivity index (χ0v) is 14.2. The number of carbonyl (C=O) groups is 3. The molecule has 1 aliphatic heterocycles. The van der Waals surface area contributed by atoms with Crippen molar-refractivity contribution in [1.29, 1.82) is 0 Å². The Kier molecular flexibility index (Phi) is 5.46. The summed E-state index contributed by atoms with van der Waals surface area (Å²) in [5, 5.41) is 2.22. The van der Waals surface area contributed by atoms with Gasteiger partial charge in [-0.15, -0.1) is 0 Å². The predicted molar refractivity (Wildman–Crippen MR) is 90.3 cm³/mol. The molecule has 1 heterocycles. The number of carbonyl (C=O) groups excluding carboxylic acids is 3. The first-order chi connectivity index (χ1) is 11.3. The largest absolute Gasteiger partial charge is 0.331 e. The van der Waals surface area contributed by atoms with Gasteiger partial charge in [-0.1, -0.05) is 30.3 Å². The van der Waals surface area contributed by atoms with Gasteiger partial charge in [0.1, 0.15) is 0 Å². The topological polar surface area (TPSA) is 78.8 Å². The molecule has 24 heavy (non-hydrogen) atoms. The van der Waals surface area contributed by atoms with Gasteiger partial charge in [0.15, 0.2) is 5.92 Å². The number of quaternary nitrogens is 1. The van der Waals surface area contributed by atoms with E-state index in [2.05, 4.69) is 10.3 Å². The SMILES string of the molecule is C[N+](C)(C)CCN=CC1C(=O)NC(=O)N(Cc2ccccc2)C1=O. The van der Waals surface area contributed by atoms with Crippen molar-refractivity contribution in [2.45, 2.75) is 6.54 Å². The third-order valence-electron chi connectivity index (χ3n) is 3.63. The fourth-order valence-electron chi connectivity index (χ4n) is 2.22. The van der Waals surface area contributed by atoms with Crippen LogP contribution in [0.15, 0.2) is 35.3 Å². The van der Waals surface area contributed by atoms with Gasteiger partial charge in [-0.3, -0.25) is 24.8 Å². The van der Waals surface area contributed by atoms with Crippen molar-refractivity contribution in [3.05, 3.63) is 35.9 Å². The van der Waals surface area contributed by atoms with Crippen LogP contribution in [-0.2, 0) is 16.1 Å². The number of hydrogen-bond acceptors (Lipinski definition) is 4. The van der Waals surface area contributed by atoms with Crippen LogP contribution in [0.2, 0.25) is 0 Å². The number of nitrogens with one attached hydrogen (secondary N) is 1. The van der Waals surface area contributed by atoms with E-state index in [1.807, 2.05) is 51.5 Å². The van der Waals surface area contributed by atoms with Gasteiger partial charge in [-0.2, -0.15) is 0 Å². The minimum absolute atomic E-state index is 0.127. The molecular formula is C17H23N4O3+. The molecule has 7 nitrogen and oxygen atoms in total. The molecule has 1 saturated heterocycles. The van der Waals surface area contributed by atoms with E-state index in [9.17, 15) is 14.4 Å². The fraction of sp³-hybridized carbons (Fsp3) is 0.412. The van der Waals surface area contributed by atoms with E-state index in [1.165, 1.54) is 6.21 Å². The summed E-state index contributed by atoms with van der Waals surface area (Å²) in [6.45, 7) is 1.42. The second-order valence-electron chi connectivity index (χ2n) is 6.75. The maximum Gasteiger partial charge on any atom is 0.331 e. The van der Waals surface area contributed by atoms with E-state index in [4.69, 9.17) is 0 Å². The van der Waals surface area contributed by atoms with Gasteiger partial charge in [-0.25, -0.2) is 4.79 Å². The lowest BCUT2D eigenvalue weighted by Crippen LogP contribution is -2.57. The summed E-state index contributed by atoms with van der Waals surface area (Å²) in [5.74, 6) is -2.22. The van der Waals surface area contributed by atoms with E-state index in [-0.39, 0.29) is 6.54 Å². The lowest BCUT2D eigenvalue weighted by Gasteiger charge is -2.28. The summed E-state index contributed by atoms with van der Waals surface area (Å²) in [4.78, 5) is 41.6. The molecule has 1 N–H and O–H groups in total. The smallest absolute Gasteiger partial charge is 0.329 e. The summed E-state index contributed by atoms with van der Waals surface area (Å²) < 4.78 is 0.737. The number of rotatable bonds is 6. The lowest BCUT2D eigenvalue weighted by atomic mass is 10.1. The minimum Gasteiger partial charge on any atom is -0.329 e.